The monoisotopic (exact) mass is 207 g/mol. The van der Waals surface area contributed by atoms with E-state index in [9.17, 15) is 5.11 Å². The van der Waals surface area contributed by atoms with Crippen LogP contribution in [-0.2, 0) is 6.54 Å². The fraction of sp³-hybridized carbons (Fsp3) is 0.538. The van der Waals surface area contributed by atoms with Crippen LogP contribution < -0.4 is 0 Å². The lowest BCUT2D eigenvalue weighted by atomic mass is 10.1. The van der Waals surface area contributed by atoms with Gasteiger partial charge in [-0.3, -0.25) is 4.90 Å². The second-order valence-corrected chi connectivity index (χ2v) is 3.93. The van der Waals surface area contributed by atoms with Crippen LogP contribution in [0.2, 0.25) is 0 Å². The Morgan fingerprint density at radius 1 is 1.20 bits per heavy atom. The van der Waals surface area contributed by atoms with Crippen LogP contribution in [0.5, 0.6) is 0 Å². The average Bonchev–Trinajstić information content (AvgIpc) is 2.23. The summed E-state index contributed by atoms with van der Waals surface area (Å²) in [6.07, 6.45) is 3.06. The largest absolute Gasteiger partial charge is 0.378 e. The number of aliphatic hydroxyl groups is 1. The highest BCUT2D eigenvalue weighted by molar-refractivity contribution is 5.14. The maximum atomic E-state index is 9.76. The lowest BCUT2D eigenvalue weighted by Crippen LogP contribution is -2.38. The molecule has 1 aromatic carbocycles. The molecule has 0 aliphatic carbocycles. The fourth-order valence-corrected chi connectivity index (χ4v) is 1.98. The molecule has 1 aliphatic rings. The highest BCUT2D eigenvalue weighted by atomic mass is 16.3. The summed E-state index contributed by atoms with van der Waals surface area (Å²) < 4.78 is 0. The van der Waals surface area contributed by atoms with Gasteiger partial charge in [0.1, 0.15) is 6.23 Å². The highest BCUT2D eigenvalue weighted by Crippen LogP contribution is 2.17. The van der Waals surface area contributed by atoms with E-state index in [0.29, 0.717) is 0 Å². The smallest absolute Gasteiger partial charge is 0.107 e. The van der Waals surface area contributed by atoms with E-state index in [-0.39, 0.29) is 13.7 Å². The van der Waals surface area contributed by atoms with E-state index in [1.807, 2.05) is 18.2 Å². The van der Waals surface area contributed by atoms with E-state index in [4.69, 9.17) is 0 Å². The Kier molecular flexibility index (Phi) is 4.79. The molecule has 1 fully saturated rings. The van der Waals surface area contributed by atoms with Crippen molar-refractivity contribution in [3.05, 3.63) is 35.9 Å². The number of nitrogens with zero attached hydrogens (tertiary/aromatic N) is 1. The molecule has 1 unspecified atom stereocenters. The van der Waals surface area contributed by atoms with Gasteiger partial charge in [0.2, 0.25) is 0 Å². The second-order valence-electron chi connectivity index (χ2n) is 3.93. The van der Waals surface area contributed by atoms with E-state index < -0.39 is 0 Å². The van der Waals surface area contributed by atoms with Crippen molar-refractivity contribution in [1.82, 2.24) is 4.90 Å². The molecular weight excluding hydrogens is 186 g/mol. The zero-order chi connectivity index (χ0) is 9.80. The first-order valence-corrected chi connectivity index (χ1v) is 5.32. The fourth-order valence-electron chi connectivity index (χ4n) is 1.98. The Balaban J connectivity index is 0.00000112. The summed E-state index contributed by atoms with van der Waals surface area (Å²) >= 11 is 0. The third-order valence-electron chi connectivity index (χ3n) is 2.81. The van der Waals surface area contributed by atoms with Crippen molar-refractivity contribution in [2.75, 3.05) is 6.54 Å². The van der Waals surface area contributed by atoms with Crippen molar-refractivity contribution in [3.8, 4) is 0 Å². The maximum Gasteiger partial charge on any atom is 0.107 e. The Bertz CT molecular complexity index is 273. The number of rotatable bonds is 2. The molecule has 2 nitrogen and oxygen atoms in total. The first kappa shape index (κ1) is 12.2. The third-order valence-corrected chi connectivity index (χ3v) is 2.81. The Labute approximate surface area is 92.5 Å². The number of hydrogen-bond donors (Lipinski definition) is 1. The Morgan fingerprint density at radius 3 is 2.60 bits per heavy atom. The molecule has 1 aromatic rings. The van der Waals surface area contributed by atoms with Crippen LogP contribution in [0.3, 0.4) is 0 Å². The van der Waals surface area contributed by atoms with E-state index >= 15 is 0 Å². The Hall–Kier alpha value is -0.860. The predicted molar refractivity (Wildman–Crippen MR) is 63.4 cm³/mol. The van der Waals surface area contributed by atoms with Gasteiger partial charge in [-0.25, -0.2) is 0 Å². The van der Waals surface area contributed by atoms with Gasteiger partial charge in [-0.1, -0.05) is 37.8 Å². The molecule has 1 saturated heterocycles. The standard InChI is InChI=1S/C12H17NO.CH4/c14-12-8-4-5-9-13(12)10-11-6-2-1-3-7-11;/h1-3,6-7,12,14H,4-5,8-10H2;1H4. The number of aliphatic hydroxyl groups excluding tert-OH is 1. The van der Waals surface area contributed by atoms with E-state index in [1.165, 1.54) is 12.0 Å². The summed E-state index contributed by atoms with van der Waals surface area (Å²) in [4.78, 5) is 2.15. The van der Waals surface area contributed by atoms with E-state index in [1.54, 1.807) is 0 Å². The molecule has 0 bridgehead atoms. The number of hydrogen-bond acceptors (Lipinski definition) is 2. The topological polar surface area (TPSA) is 23.5 Å². The van der Waals surface area contributed by atoms with Crippen molar-refractivity contribution in [1.29, 1.82) is 0 Å². The predicted octanol–water partition coefficient (Wildman–Crippen LogP) is 2.63. The molecule has 15 heavy (non-hydrogen) atoms. The zero-order valence-electron chi connectivity index (χ0n) is 8.39. The van der Waals surface area contributed by atoms with E-state index in [0.717, 1.165) is 25.9 Å². The molecular formula is C13H21NO. The summed E-state index contributed by atoms with van der Waals surface area (Å²) in [6.45, 7) is 1.90. The molecule has 2 heteroatoms. The van der Waals surface area contributed by atoms with Gasteiger partial charge in [-0.05, 0) is 24.8 Å². The van der Waals surface area contributed by atoms with Crippen LogP contribution in [0.15, 0.2) is 30.3 Å². The van der Waals surface area contributed by atoms with Crippen LogP contribution >= 0.6 is 0 Å². The first-order chi connectivity index (χ1) is 6.86. The second kappa shape index (κ2) is 5.89. The van der Waals surface area contributed by atoms with Crippen LogP contribution in [0, 0.1) is 0 Å². The minimum Gasteiger partial charge on any atom is -0.378 e. The van der Waals surface area contributed by atoms with Gasteiger partial charge in [0, 0.05) is 13.1 Å². The molecule has 84 valence electrons. The van der Waals surface area contributed by atoms with Gasteiger partial charge in [-0.15, -0.1) is 0 Å². The van der Waals surface area contributed by atoms with Gasteiger partial charge in [0.05, 0.1) is 0 Å². The minimum absolute atomic E-state index is 0. The van der Waals surface area contributed by atoms with Crippen LogP contribution in [-0.4, -0.2) is 22.8 Å². The zero-order valence-corrected chi connectivity index (χ0v) is 8.39. The van der Waals surface area contributed by atoms with Gasteiger partial charge in [0.25, 0.3) is 0 Å². The van der Waals surface area contributed by atoms with Crippen LogP contribution in [0.1, 0.15) is 32.3 Å². The van der Waals surface area contributed by atoms with Gasteiger partial charge >= 0.3 is 0 Å². The highest BCUT2D eigenvalue weighted by Gasteiger charge is 2.19. The molecule has 0 radical (unpaired) electrons. The summed E-state index contributed by atoms with van der Waals surface area (Å²) in [6, 6.07) is 10.3. The normalized spacial score (nSPS) is 22.1. The molecule has 0 spiro atoms. The summed E-state index contributed by atoms with van der Waals surface area (Å²) in [5.41, 5.74) is 1.29. The van der Waals surface area contributed by atoms with Crippen molar-refractivity contribution >= 4 is 0 Å². The van der Waals surface area contributed by atoms with Crippen molar-refractivity contribution in [2.24, 2.45) is 0 Å². The number of piperidine rings is 1. The van der Waals surface area contributed by atoms with Gasteiger partial charge < -0.3 is 5.11 Å². The van der Waals surface area contributed by atoms with Crippen molar-refractivity contribution in [3.63, 3.8) is 0 Å². The number of benzene rings is 1. The maximum absolute atomic E-state index is 9.76. The molecule has 1 atom stereocenters. The SMILES string of the molecule is C.OC1CCCCN1Cc1ccccc1. The van der Waals surface area contributed by atoms with Crippen LogP contribution in [0.25, 0.3) is 0 Å². The Morgan fingerprint density at radius 2 is 1.93 bits per heavy atom. The average molecular weight is 207 g/mol. The minimum atomic E-state index is -0.232. The molecule has 0 saturated carbocycles. The van der Waals surface area contributed by atoms with Crippen molar-refractivity contribution in [2.45, 2.75) is 39.5 Å². The lowest BCUT2D eigenvalue weighted by molar-refractivity contribution is -0.0290. The quantitative estimate of drug-likeness (QED) is 0.806. The summed E-state index contributed by atoms with van der Waals surface area (Å²) in [5.74, 6) is 0. The third kappa shape index (κ3) is 3.33. The van der Waals surface area contributed by atoms with E-state index in [2.05, 4.69) is 17.0 Å². The summed E-state index contributed by atoms with van der Waals surface area (Å²) in [5, 5.41) is 9.76. The van der Waals surface area contributed by atoms with Gasteiger partial charge in [-0.2, -0.15) is 0 Å². The van der Waals surface area contributed by atoms with Gasteiger partial charge in [0.15, 0.2) is 0 Å². The first-order valence-electron chi connectivity index (χ1n) is 5.32. The van der Waals surface area contributed by atoms with Crippen molar-refractivity contribution < 1.29 is 5.11 Å². The molecule has 0 amide bonds. The lowest BCUT2D eigenvalue weighted by Gasteiger charge is -2.31. The summed E-state index contributed by atoms with van der Waals surface area (Å²) in [7, 11) is 0. The molecule has 2 rings (SSSR count). The molecule has 1 aliphatic heterocycles. The molecule has 1 N–H and O–H groups in total. The molecule has 0 aromatic heterocycles. The number of likely N-dealkylation sites (tertiary alicyclic amines) is 1. The molecule has 1 heterocycles. The van der Waals surface area contributed by atoms with Crippen LogP contribution in [0.4, 0.5) is 0 Å².